The van der Waals surface area contributed by atoms with Crippen molar-refractivity contribution in [1.29, 1.82) is 0 Å². The molecule has 2 aromatic carbocycles. The number of ether oxygens (including phenoxy) is 1. The number of hydrogen-bond donors (Lipinski definition) is 3. The van der Waals surface area contributed by atoms with E-state index in [4.69, 9.17) is 4.74 Å². The number of carbonyl (C=O) groups excluding carboxylic acids is 2. The van der Waals surface area contributed by atoms with Gasteiger partial charge in [-0.15, -0.1) is 0 Å². The van der Waals surface area contributed by atoms with E-state index in [1.807, 2.05) is 82.4 Å². The molecule has 0 bridgehead atoms. The maximum absolute atomic E-state index is 13.6. The van der Waals surface area contributed by atoms with E-state index in [-0.39, 0.29) is 18.5 Å². The summed E-state index contributed by atoms with van der Waals surface area (Å²) >= 11 is 0. The average Bonchev–Trinajstić information content (AvgIpc) is 3.70. The van der Waals surface area contributed by atoms with E-state index in [0.29, 0.717) is 22.8 Å². The average molecular weight is 567 g/mol. The van der Waals surface area contributed by atoms with E-state index in [2.05, 4.69) is 38.2 Å². The molecule has 9 heteroatoms. The Kier molecular flexibility index (Phi) is 8.68. The Balaban J connectivity index is 1.32. The Morgan fingerprint density at radius 3 is 2.55 bits per heavy atom. The molecular weight excluding hydrogens is 528 g/mol. The molecule has 1 atom stereocenters. The Hall–Kier alpha value is -4.50. The molecule has 5 rings (SSSR count). The molecule has 9 nitrogen and oxygen atoms in total. The van der Waals surface area contributed by atoms with Crippen molar-refractivity contribution in [3.63, 3.8) is 0 Å². The van der Waals surface area contributed by atoms with Crippen LogP contribution in [0.4, 0.5) is 10.5 Å². The summed E-state index contributed by atoms with van der Waals surface area (Å²) in [6.45, 7) is 8.54. The fourth-order valence-corrected chi connectivity index (χ4v) is 4.72. The van der Waals surface area contributed by atoms with Crippen LogP contribution in [0.1, 0.15) is 72.5 Å². The van der Waals surface area contributed by atoms with Crippen LogP contribution in [0.5, 0.6) is 0 Å². The smallest absolute Gasteiger partial charge is 0.407 e. The summed E-state index contributed by atoms with van der Waals surface area (Å²) in [5.74, 6) is 0.455. The van der Waals surface area contributed by atoms with Gasteiger partial charge in [0.15, 0.2) is 0 Å². The van der Waals surface area contributed by atoms with Crippen LogP contribution in [-0.4, -0.2) is 38.9 Å². The van der Waals surface area contributed by atoms with E-state index in [0.717, 1.165) is 29.2 Å². The van der Waals surface area contributed by atoms with Crippen LogP contribution in [0, 0.1) is 12.8 Å². The minimum Gasteiger partial charge on any atom is -0.444 e. The normalized spacial score (nSPS) is 13.8. The largest absolute Gasteiger partial charge is 0.444 e. The van der Waals surface area contributed by atoms with Gasteiger partial charge < -0.3 is 20.7 Å². The lowest BCUT2D eigenvalue weighted by molar-refractivity contribution is 0.0523. The number of aromatic nitrogens is 3. The topological polar surface area (TPSA) is 110 Å². The third-order valence-corrected chi connectivity index (χ3v) is 6.86. The van der Waals surface area contributed by atoms with Gasteiger partial charge in [0.05, 0.1) is 17.4 Å². The van der Waals surface area contributed by atoms with E-state index in [1.54, 1.807) is 16.9 Å². The fourth-order valence-electron chi connectivity index (χ4n) is 4.72. The summed E-state index contributed by atoms with van der Waals surface area (Å²) in [5, 5.41) is 14.1. The molecule has 1 fully saturated rings. The molecule has 218 valence electrons. The number of nitrogens with zero attached hydrogens (tertiary/aromatic N) is 3. The third kappa shape index (κ3) is 7.82. The van der Waals surface area contributed by atoms with Crippen LogP contribution >= 0.6 is 0 Å². The number of amides is 2. The number of benzene rings is 2. The molecule has 1 aliphatic rings. The first-order chi connectivity index (χ1) is 20.1. The van der Waals surface area contributed by atoms with Crippen molar-refractivity contribution in [2.24, 2.45) is 5.92 Å². The summed E-state index contributed by atoms with van der Waals surface area (Å²) in [7, 11) is 0. The number of aryl methyl sites for hydroxylation is 1. The standard InChI is InChI=1S/C33H38N6O3/c1-22-16-29(39(38-22)28-12-5-8-24(17-28)20-36-32(41)42-33(2,3)4)31(40)37-27-11-6-9-25(18-27)30(35-19-23-13-14-23)26-10-7-15-34-21-26/h5-12,15-18,21,23,30,35H,13-14,19-20H2,1-4H3,(H,36,41)(H,37,40). The Morgan fingerprint density at radius 1 is 1.02 bits per heavy atom. The zero-order valence-electron chi connectivity index (χ0n) is 24.6. The maximum atomic E-state index is 13.6. The summed E-state index contributed by atoms with van der Waals surface area (Å²) in [5.41, 5.74) is 4.94. The first-order valence-electron chi connectivity index (χ1n) is 14.3. The van der Waals surface area contributed by atoms with Gasteiger partial charge in [0.2, 0.25) is 0 Å². The van der Waals surface area contributed by atoms with E-state index < -0.39 is 11.7 Å². The van der Waals surface area contributed by atoms with Gasteiger partial charge >= 0.3 is 6.09 Å². The van der Waals surface area contributed by atoms with Crippen LogP contribution in [0.25, 0.3) is 5.69 Å². The summed E-state index contributed by atoms with van der Waals surface area (Å²) in [4.78, 5) is 30.0. The molecule has 42 heavy (non-hydrogen) atoms. The number of carbonyl (C=O) groups is 2. The molecule has 0 spiro atoms. The molecule has 0 saturated heterocycles. The van der Waals surface area contributed by atoms with Crippen molar-refractivity contribution in [3.8, 4) is 5.69 Å². The Bertz CT molecular complexity index is 1540. The van der Waals surface area contributed by atoms with Crippen molar-refractivity contribution >= 4 is 17.7 Å². The zero-order valence-corrected chi connectivity index (χ0v) is 24.6. The third-order valence-electron chi connectivity index (χ3n) is 6.86. The molecule has 4 aromatic rings. The fraction of sp³-hybridized carbons (Fsp3) is 0.333. The molecule has 2 aromatic heterocycles. The van der Waals surface area contributed by atoms with Gasteiger partial charge in [0.25, 0.3) is 5.91 Å². The number of alkyl carbamates (subject to hydrolysis) is 1. The maximum Gasteiger partial charge on any atom is 0.407 e. The van der Waals surface area contributed by atoms with Gasteiger partial charge in [0.1, 0.15) is 11.3 Å². The number of anilines is 1. The molecule has 3 N–H and O–H groups in total. The Labute approximate surface area is 246 Å². The van der Waals surface area contributed by atoms with Crippen molar-refractivity contribution < 1.29 is 14.3 Å². The van der Waals surface area contributed by atoms with E-state index >= 15 is 0 Å². The van der Waals surface area contributed by atoms with Crippen LogP contribution in [0.3, 0.4) is 0 Å². The molecule has 1 aliphatic carbocycles. The molecule has 2 amide bonds. The molecule has 1 unspecified atom stereocenters. The van der Waals surface area contributed by atoms with Crippen LogP contribution < -0.4 is 16.0 Å². The van der Waals surface area contributed by atoms with Crippen LogP contribution in [0.2, 0.25) is 0 Å². The van der Waals surface area contributed by atoms with Crippen molar-refractivity contribution in [2.45, 2.75) is 58.7 Å². The van der Waals surface area contributed by atoms with E-state index in [1.165, 1.54) is 12.8 Å². The van der Waals surface area contributed by atoms with Crippen LogP contribution in [0.15, 0.2) is 79.1 Å². The van der Waals surface area contributed by atoms with Crippen LogP contribution in [-0.2, 0) is 11.3 Å². The van der Waals surface area contributed by atoms with Crippen molar-refractivity contribution in [1.82, 2.24) is 25.4 Å². The van der Waals surface area contributed by atoms with Crippen molar-refractivity contribution in [3.05, 3.63) is 107 Å². The second-order valence-electron chi connectivity index (χ2n) is 11.8. The van der Waals surface area contributed by atoms with E-state index in [9.17, 15) is 9.59 Å². The number of nitrogens with one attached hydrogen (secondary N) is 3. The monoisotopic (exact) mass is 566 g/mol. The summed E-state index contributed by atoms with van der Waals surface area (Å²) < 4.78 is 6.96. The van der Waals surface area contributed by atoms with Gasteiger partial charge in [-0.2, -0.15) is 5.10 Å². The summed E-state index contributed by atoms with van der Waals surface area (Å²) in [6, 6.07) is 21.2. The molecular formula is C33H38N6O3. The minimum absolute atomic E-state index is 0.0269. The second-order valence-corrected chi connectivity index (χ2v) is 11.8. The lowest BCUT2D eigenvalue weighted by atomic mass is 9.99. The van der Waals surface area contributed by atoms with Gasteiger partial charge in [-0.1, -0.05) is 30.3 Å². The Morgan fingerprint density at radius 2 is 1.81 bits per heavy atom. The quantitative estimate of drug-likeness (QED) is 0.219. The SMILES string of the molecule is Cc1cc(C(=O)Nc2cccc(C(NCC3CC3)c3cccnc3)c2)n(-c2cccc(CNC(=O)OC(C)(C)C)c2)n1. The molecule has 0 radical (unpaired) electrons. The minimum atomic E-state index is -0.576. The predicted molar refractivity (Wildman–Crippen MR) is 163 cm³/mol. The number of hydrogen-bond acceptors (Lipinski definition) is 6. The van der Waals surface area contributed by atoms with Crippen molar-refractivity contribution in [2.75, 3.05) is 11.9 Å². The van der Waals surface area contributed by atoms with Gasteiger partial charge in [-0.3, -0.25) is 9.78 Å². The number of pyridine rings is 1. The zero-order chi connectivity index (χ0) is 29.7. The highest BCUT2D eigenvalue weighted by atomic mass is 16.6. The van der Waals surface area contributed by atoms with Gasteiger partial charge in [0, 0.05) is 24.6 Å². The first kappa shape index (κ1) is 29.0. The predicted octanol–water partition coefficient (Wildman–Crippen LogP) is 5.94. The lowest BCUT2D eigenvalue weighted by Crippen LogP contribution is -2.32. The first-order valence-corrected chi connectivity index (χ1v) is 14.3. The molecule has 0 aliphatic heterocycles. The highest BCUT2D eigenvalue weighted by Crippen LogP contribution is 2.30. The second kappa shape index (κ2) is 12.6. The van der Waals surface area contributed by atoms with Gasteiger partial charge in [-0.25, -0.2) is 9.48 Å². The summed E-state index contributed by atoms with van der Waals surface area (Å²) in [6.07, 6.45) is 5.70. The molecule has 2 heterocycles. The van der Waals surface area contributed by atoms with Gasteiger partial charge in [-0.05, 0) is 106 Å². The molecule has 1 saturated carbocycles. The highest BCUT2D eigenvalue weighted by Gasteiger charge is 2.24. The number of rotatable bonds is 10. The highest BCUT2D eigenvalue weighted by molar-refractivity contribution is 6.03. The lowest BCUT2D eigenvalue weighted by Gasteiger charge is -2.20.